The van der Waals surface area contributed by atoms with E-state index in [0.717, 1.165) is 6.42 Å². The van der Waals surface area contributed by atoms with E-state index in [1.165, 1.54) is 0 Å². The molecule has 0 heterocycles. The molecule has 0 bridgehead atoms. The van der Waals surface area contributed by atoms with E-state index in [4.69, 9.17) is 0 Å². The first kappa shape index (κ1) is 11.7. The van der Waals surface area contributed by atoms with Gasteiger partial charge >= 0.3 is 0 Å². The molecule has 0 saturated heterocycles. The molecule has 0 unspecified atom stereocenters. The number of hydrogen-bond donors (Lipinski definition) is 2. The van der Waals surface area contributed by atoms with Crippen LogP contribution in [0.25, 0.3) is 0 Å². The summed E-state index contributed by atoms with van der Waals surface area (Å²) in [6.45, 7) is 7.56. The van der Waals surface area contributed by atoms with Crippen LogP contribution in [0.2, 0.25) is 0 Å². The lowest BCUT2D eigenvalue weighted by Gasteiger charge is -2.20. The van der Waals surface area contributed by atoms with Gasteiger partial charge in [-0.2, -0.15) is 0 Å². The number of rotatable bonds is 6. The molecular weight excluding hydrogens is 152 g/mol. The van der Waals surface area contributed by atoms with Crippen LogP contribution in [0.15, 0.2) is 12.7 Å². The third kappa shape index (κ3) is 3.88. The second-order valence-corrected chi connectivity index (χ2v) is 3.17. The molecule has 0 amide bonds. The molecule has 0 aromatic rings. The monoisotopic (exact) mass is 172 g/mol. The van der Waals surface area contributed by atoms with Gasteiger partial charge in [0.15, 0.2) is 0 Å². The lowest BCUT2D eigenvalue weighted by atomic mass is 9.94. The SMILES string of the molecule is C=C[C@@H](CC)[C@@H](O)C[C@H](O)CC. The summed E-state index contributed by atoms with van der Waals surface area (Å²) in [7, 11) is 0. The Morgan fingerprint density at radius 2 is 1.83 bits per heavy atom. The minimum atomic E-state index is -0.442. The smallest absolute Gasteiger partial charge is 0.0627 e. The van der Waals surface area contributed by atoms with Crippen LogP contribution in [0.1, 0.15) is 33.1 Å². The molecule has 12 heavy (non-hydrogen) atoms. The van der Waals surface area contributed by atoms with Gasteiger partial charge in [-0.05, 0) is 19.3 Å². The van der Waals surface area contributed by atoms with Crippen molar-refractivity contribution in [1.82, 2.24) is 0 Å². The minimum absolute atomic E-state index is 0.117. The second-order valence-electron chi connectivity index (χ2n) is 3.17. The van der Waals surface area contributed by atoms with Crippen molar-refractivity contribution in [3.05, 3.63) is 12.7 Å². The van der Waals surface area contributed by atoms with Crippen molar-refractivity contribution < 1.29 is 10.2 Å². The largest absolute Gasteiger partial charge is 0.393 e. The van der Waals surface area contributed by atoms with E-state index < -0.39 is 6.10 Å². The Morgan fingerprint density at radius 1 is 1.25 bits per heavy atom. The summed E-state index contributed by atoms with van der Waals surface area (Å²) >= 11 is 0. The molecule has 0 radical (unpaired) electrons. The van der Waals surface area contributed by atoms with Gasteiger partial charge < -0.3 is 10.2 Å². The standard InChI is InChI=1S/C10H20O2/c1-4-8(5-2)10(12)7-9(11)6-3/h4,8-12H,1,5-7H2,2-3H3/t8-,9+,10-/m0/s1. The average molecular weight is 172 g/mol. The van der Waals surface area contributed by atoms with Crippen LogP contribution in [-0.4, -0.2) is 22.4 Å². The van der Waals surface area contributed by atoms with Crippen molar-refractivity contribution in [3.8, 4) is 0 Å². The number of hydrogen-bond acceptors (Lipinski definition) is 2. The summed E-state index contributed by atoms with van der Waals surface area (Å²) in [6.07, 6.45) is 2.97. The lowest BCUT2D eigenvalue weighted by molar-refractivity contribution is 0.0539. The van der Waals surface area contributed by atoms with E-state index in [1.54, 1.807) is 6.08 Å². The van der Waals surface area contributed by atoms with Gasteiger partial charge in [-0.1, -0.05) is 19.9 Å². The lowest BCUT2D eigenvalue weighted by Crippen LogP contribution is -2.23. The summed E-state index contributed by atoms with van der Waals surface area (Å²) in [5.41, 5.74) is 0. The van der Waals surface area contributed by atoms with E-state index in [9.17, 15) is 10.2 Å². The van der Waals surface area contributed by atoms with E-state index in [0.29, 0.717) is 12.8 Å². The van der Waals surface area contributed by atoms with Crippen molar-refractivity contribution in [2.75, 3.05) is 0 Å². The fourth-order valence-corrected chi connectivity index (χ4v) is 1.22. The molecule has 0 aromatic heterocycles. The molecule has 0 saturated carbocycles. The third-order valence-corrected chi connectivity index (χ3v) is 2.25. The highest BCUT2D eigenvalue weighted by Gasteiger charge is 2.16. The Labute approximate surface area is 74.9 Å². The van der Waals surface area contributed by atoms with E-state index >= 15 is 0 Å². The summed E-state index contributed by atoms with van der Waals surface area (Å²) < 4.78 is 0. The Balaban J connectivity index is 3.82. The Hall–Kier alpha value is -0.340. The molecule has 0 aliphatic carbocycles. The maximum atomic E-state index is 9.58. The average Bonchev–Trinajstić information content (AvgIpc) is 2.06. The predicted molar refractivity (Wildman–Crippen MR) is 50.9 cm³/mol. The molecule has 0 fully saturated rings. The van der Waals surface area contributed by atoms with Gasteiger partial charge in [0.1, 0.15) is 0 Å². The van der Waals surface area contributed by atoms with Gasteiger partial charge in [0.25, 0.3) is 0 Å². The maximum absolute atomic E-state index is 9.58. The van der Waals surface area contributed by atoms with Crippen LogP contribution < -0.4 is 0 Å². The van der Waals surface area contributed by atoms with Crippen LogP contribution in [0, 0.1) is 5.92 Å². The number of aliphatic hydroxyl groups is 2. The van der Waals surface area contributed by atoms with Crippen molar-refractivity contribution >= 4 is 0 Å². The highest BCUT2D eigenvalue weighted by molar-refractivity contribution is 4.84. The van der Waals surface area contributed by atoms with Gasteiger partial charge in [0, 0.05) is 5.92 Å². The van der Waals surface area contributed by atoms with Crippen LogP contribution in [0.5, 0.6) is 0 Å². The van der Waals surface area contributed by atoms with Gasteiger partial charge in [0.05, 0.1) is 12.2 Å². The molecule has 2 N–H and O–H groups in total. The quantitative estimate of drug-likeness (QED) is 0.599. The van der Waals surface area contributed by atoms with Crippen molar-refractivity contribution in [1.29, 1.82) is 0 Å². The molecule has 72 valence electrons. The Kier molecular flexibility index (Phi) is 6.03. The van der Waals surface area contributed by atoms with E-state index in [1.807, 2.05) is 13.8 Å². The summed E-state index contributed by atoms with van der Waals surface area (Å²) in [5, 5.41) is 18.9. The van der Waals surface area contributed by atoms with Crippen LogP contribution in [0.3, 0.4) is 0 Å². The molecular formula is C10H20O2. The predicted octanol–water partition coefficient (Wildman–Crippen LogP) is 1.72. The van der Waals surface area contributed by atoms with Gasteiger partial charge in [-0.3, -0.25) is 0 Å². The molecule has 0 spiro atoms. The topological polar surface area (TPSA) is 40.5 Å². The molecule has 0 rings (SSSR count). The zero-order chi connectivity index (χ0) is 9.56. The summed E-state index contributed by atoms with van der Waals surface area (Å²) in [6, 6.07) is 0. The van der Waals surface area contributed by atoms with Crippen LogP contribution in [0.4, 0.5) is 0 Å². The third-order valence-electron chi connectivity index (χ3n) is 2.25. The first-order valence-corrected chi connectivity index (χ1v) is 4.64. The molecule has 0 aliphatic rings. The fraction of sp³-hybridized carbons (Fsp3) is 0.800. The molecule has 0 aromatic carbocycles. The molecule has 3 atom stereocenters. The highest BCUT2D eigenvalue weighted by Crippen LogP contribution is 2.15. The van der Waals surface area contributed by atoms with Crippen molar-refractivity contribution in [2.45, 2.75) is 45.3 Å². The van der Waals surface area contributed by atoms with Gasteiger partial charge in [-0.15, -0.1) is 6.58 Å². The first-order chi connectivity index (χ1) is 5.65. The second kappa shape index (κ2) is 6.21. The number of aliphatic hydroxyl groups excluding tert-OH is 2. The summed E-state index contributed by atoms with van der Waals surface area (Å²) in [4.78, 5) is 0. The normalized spacial score (nSPS) is 18.3. The van der Waals surface area contributed by atoms with Gasteiger partial charge in [-0.25, -0.2) is 0 Å². The maximum Gasteiger partial charge on any atom is 0.0627 e. The zero-order valence-electron chi connectivity index (χ0n) is 8.03. The van der Waals surface area contributed by atoms with Crippen molar-refractivity contribution in [3.63, 3.8) is 0 Å². The Morgan fingerprint density at radius 3 is 2.17 bits per heavy atom. The van der Waals surface area contributed by atoms with Crippen molar-refractivity contribution in [2.24, 2.45) is 5.92 Å². The minimum Gasteiger partial charge on any atom is -0.393 e. The van der Waals surface area contributed by atoms with Gasteiger partial charge in [0.2, 0.25) is 0 Å². The first-order valence-electron chi connectivity index (χ1n) is 4.64. The summed E-state index contributed by atoms with van der Waals surface area (Å²) in [5.74, 6) is 0.117. The molecule has 0 aliphatic heterocycles. The van der Waals surface area contributed by atoms with E-state index in [-0.39, 0.29) is 12.0 Å². The highest BCUT2D eigenvalue weighted by atomic mass is 16.3. The molecule has 2 heteroatoms. The fourth-order valence-electron chi connectivity index (χ4n) is 1.22. The molecule has 2 nitrogen and oxygen atoms in total. The Bertz CT molecular complexity index is 123. The van der Waals surface area contributed by atoms with Crippen LogP contribution in [-0.2, 0) is 0 Å². The van der Waals surface area contributed by atoms with Crippen LogP contribution >= 0.6 is 0 Å². The van der Waals surface area contributed by atoms with E-state index in [2.05, 4.69) is 6.58 Å². The zero-order valence-corrected chi connectivity index (χ0v) is 8.03.